The van der Waals surface area contributed by atoms with E-state index in [-0.39, 0.29) is 5.41 Å². The highest BCUT2D eigenvalue weighted by molar-refractivity contribution is 6.09. The lowest BCUT2D eigenvalue weighted by Crippen LogP contribution is -2.23. The molecule has 0 amide bonds. The van der Waals surface area contributed by atoms with Crippen LogP contribution in [0.2, 0.25) is 0 Å². The Morgan fingerprint density at radius 2 is 1.33 bits per heavy atom. The second-order valence-corrected chi connectivity index (χ2v) is 13.0. The summed E-state index contributed by atoms with van der Waals surface area (Å²) in [7, 11) is 0. The van der Waals surface area contributed by atoms with Crippen molar-refractivity contribution in [3.63, 3.8) is 0 Å². The molecule has 0 bridgehead atoms. The molecule has 8 rings (SSSR count). The highest BCUT2D eigenvalue weighted by Crippen LogP contribution is 2.44. The summed E-state index contributed by atoms with van der Waals surface area (Å²) in [4.78, 5) is 14.1. The minimum Gasteiger partial charge on any atom is -0.439 e. The van der Waals surface area contributed by atoms with E-state index in [0.29, 0.717) is 12.5 Å². The van der Waals surface area contributed by atoms with Gasteiger partial charge in [-0.05, 0) is 78.6 Å². The van der Waals surface area contributed by atoms with E-state index in [9.17, 15) is 0 Å². The van der Waals surface area contributed by atoms with Crippen LogP contribution in [0.25, 0.3) is 27.6 Å². The van der Waals surface area contributed by atoms with Crippen LogP contribution >= 0.6 is 0 Å². The lowest BCUT2D eigenvalue weighted by molar-refractivity contribution is 0.463. The Bertz CT molecular complexity index is 2230. The molecule has 46 heavy (non-hydrogen) atoms. The number of aromatic nitrogens is 3. The van der Waals surface area contributed by atoms with Crippen molar-refractivity contribution in [3.8, 4) is 17.4 Å². The maximum atomic E-state index is 6.48. The van der Waals surface area contributed by atoms with Crippen LogP contribution < -0.4 is 14.5 Å². The van der Waals surface area contributed by atoms with Gasteiger partial charge in [0.25, 0.3) is 0 Å². The van der Waals surface area contributed by atoms with Crippen LogP contribution in [-0.4, -0.2) is 21.2 Å². The van der Waals surface area contributed by atoms with Crippen LogP contribution in [0.1, 0.15) is 31.9 Å². The second kappa shape index (κ2) is 10.8. The Morgan fingerprint density at radius 3 is 2.11 bits per heavy atom. The predicted molar refractivity (Wildman–Crippen MR) is 188 cm³/mol. The predicted octanol–water partition coefficient (Wildman–Crippen LogP) is 10.2. The minimum absolute atomic E-state index is 0.00836. The molecule has 0 atom stereocenters. The summed E-state index contributed by atoms with van der Waals surface area (Å²) in [6, 6.07) is 40.3. The number of hydrogen-bond donors (Lipinski definition) is 0. The van der Waals surface area contributed by atoms with Crippen LogP contribution in [0.4, 0.5) is 22.7 Å². The number of ether oxygens (including phenoxy) is 1. The maximum absolute atomic E-state index is 6.48. The fourth-order valence-electron chi connectivity index (χ4n) is 6.39. The molecule has 7 aromatic rings. The van der Waals surface area contributed by atoms with Crippen LogP contribution in [0.5, 0.6) is 11.6 Å². The fourth-order valence-corrected chi connectivity index (χ4v) is 6.39. The molecule has 226 valence electrons. The highest BCUT2D eigenvalue weighted by atomic mass is 16.5. The first-order chi connectivity index (χ1) is 22.3. The highest BCUT2D eigenvalue weighted by Gasteiger charge is 2.28. The summed E-state index contributed by atoms with van der Waals surface area (Å²) in [5.41, 5.74) is 9.15. The van der Waals surface area contributed by atoms with Crippen LogP contribution in [0.15, 0.2) is 128 Å². The molecule has 0 fully saturated rings. The molecule has 0 aliphatic carbocycles. The Kier molecular flexibility index (Phi) is 6.53. The van der Waals surface area contributed by atoms with Gasteiger partial charge in [-0.15, -0.1) is 0 Å². The van der Waals surface area contributed by atoms with Crippen molar-refractivity contribution in [1.29, 1.82) is 0 Å². The number of anilines is 4. The molecule has 1 aliphatic rings. The summed E-state index contributed by atoms with van der Waals surface area (Å²) in [5, 5.41) is 2.33. The average molecular weight is 602 g/mol. The number of hydrogen-bond acceptors (Lipinski definition) is 5. The normalized spacial score (nSPS) is 13.0. The number of nitrogens with zero attached hydrogens (tertiary/aromatic N) is 5. The van der Waals surface area contributed by atoms with Gasteiger partial charge in [-0.1, -0.05) is 68.8 Å². The number of para-hydroxylation sites is 3. The standard InChI is InChI=1S/C40H35N5O/c1-27-13-15-29(16-14-27)43-26-44(36-12-8-7-11-35(36)43)30-20-22-42-39(24-30)46-31-17-18-33-32-9-5-6-10-34(32)45(37(33)25-31)38-23-28(19-21-41-38)40(2,3)4/h5-25H,26H2,1-4H3. The first kappa shape index (κ1) is 27.9. The van der Waals surface area contributed by atoms with E-state index >= 15 is 0 Å². The van der Waals surface area contributed by atoms with E-state index in [1.807, 2.05) is 30.6 Å². The van der Waals surface area contributed by atoms with Crippen LogP contribution in [0, 0.1) is 6.92 Å². The van der Waals surface area contributed by atoms with E-state index in [2.05, 4.69) is 144 Å². The van der Waals surface area contributed by atoms with E-state index < -0.39 is 0 Å². The third-order valence-electron chi connectivity index (χ3n) is 8.83. The van der Waals surface area contributed by atoms with Gasteiger partial charge in [0.05, 0.1) is 22.4 Å². The number of rotatable bonds is 5. The van der Waals surface area contributed by atoms with Gasteiger partial charge in [-0.25, -0.2) is 9.97 Å². The van der Waals surface area contributed by atoms with Gasteiger partial charge in [0.2, 0.25) is 5.88 Å². The molecule has 0 saturated heterocycles. The number of fused-ring (bicyclic) bond motifs is 4. The maximum Gasteiger partial charge on any atom is 0.221 e. The molecule has 6 heteroatoms. The Morgan fingerprint density at radius 1 is 0.630 bits per heavy atom. The fraction of sp³-hybridized carbons (Fsp3) is 0.150. The smallest absolute Gasteiger partial charge is 0.221 e. The van der Waals surface area contributed by atoms with Crippen molar-refractivity contribution in [3.05, 3.63) is 139 Å². The molecule has 3 aromatic heterocycles. The van der Waals surface area contributed by atoms with Crippen molar-refractivity contribution in [2.75, 3.05) is 16.5 Å². The molecule has 4 aromatic carbocycles. The molecule has 4 heterocycles. The largest absolute Gasteiger partial charge is 0.439 e. The molecule has 6 nitrogen and oxygen atoms in total. The number of pyridine rings is 2. The van der Waals surface area contributed by atoms with Crippen LogP contribution in [0.3, 0.4) is 0 Å². The molecule has 0 radical (unpaired) electrons. The van der Waals surface area contributed by atoms with Crippen molar-refractivity contribution in [2.24, 2.45) is 0 Å². The summed E-state index contributed by atoms with van der Waals surface area (Å²) < 4.78 is 8.71. The molecule has 1 aliphatic heterocycles. The second-order valence-electron chi connectivity index (χ2n) is 13.0. The SMILES string of the molecule is Cc1ccc(N2CN(c3ccnc(Oc4ccc5c6ccccc6n(-c6cc(C(C)(C)C)ccn6)c5c4)c3)c3ccccc32)cc1. The van der Waals surface area contributed by atoms with Gasteiger partial charge in [0.1, 0.15) is 18.2 Å². The summed E-state index contributed by atoms with van der Waals surface area (Å²) in [6.45, 7) is 9.49. The molecular weight excluding hydrogens is 566 g/mol. The van der Waals surface area contributed by atoms with Crippen molar-refractivity contribution >= 4 is 44.6 Å². The van der Waals surface area contributed by atoms with Gasteiger partial charge in [0.15, 0.2) is 0 Å². The van der Waals surface area contributed by atoms with Crippen LogP contribution in [-0.2, 0) is 5.41 Å². The van der Waals surface area contributed by atoms with Crippen molar-refractivity contribution < 1.29 is 4.74 Å². The number of benzene rings is 4. The van der Waals surface area contributed by atoms with E-state index in [0.717, 1.165) is 45.0 Å². The van der Waals surface area contributed by atoms with Crippen molar-refractivity contribution in [1.82, 2.24) is 14.5 Å². The molecule has 0 unspecified atom stereocenters. The van der Waals surface area contributed by atoms with Crippen molar-refractivity contribution in [2.45, 2.75) is 33.1 Å². The molecule has 0 N–H and O–H groups in total. The summed E-state index contributed by atoms with van der Waals surface area (Å²) in [6.07, 6.45) is 3.72. The Labute approximate surface area is 269 Å². The van der Waals surface area contributed by atoms with E-state index in [1.54, 1.807) is 0 Å². The quantitative estimate of drug-likeness (QED) is 0.196. The lowest BCUT2D eigenvalue weighted by Gasteiger charge is -2.22. The Balaban J connectivity index is 1.16. The zero-order valence-corrected chi connectivity index (χ0v) is 26.5. The monoisotopic (exact) mass is 601 g/mol. The van der Waals surface area contributed by atoms with Gasteiger partial charge >= 0.3 is 0 Å². The van der Waals surface area contributed by atoms with E-state index in [1.165, 1.54) is 22.2 Å². The zero-order valence-electron chi connectivity index (χ0n) is 26.5. The van der Waals surface area contributed by atoms with Gasteiger partial charge < -0.3 is 14.5 Å². The molecular formula is C40H35N5O. The van der Waals surface area contributed by atoms with Gasteiger partial charge in [-0.3, -0.25) is 4.57 Å². The Hall–Kier alpha value is -5.62. The van der Waals surface area contributed by atoms with Gasteiger partial charge in [0, 0.05) is 46.7 Å². The topological polar surface area (TPSA) is 46.4 Å². The van der Waals surface area contributed by atoms with E-state index in [4.69, 9.17) is 9.72 Å². The third kappa shape index (κ3) is 4.83. The molecule has 0 saturated carbocycles. The number of aryl methyl sites for hydroxylation is 1. The lowest BCUT2D eigenvalue weighted by atomic mass is 9.88. The first-order valence-electron chi connectivity index (χ1n) is 15.7. The summed E-state index contributed by atoms with van der Waals surface area (Å²) >= 11 is 0. The first-order valence-corrected chi connectivity index (χ1v) is 15.7. The summed E-state index contributed by atoms with van der Waals surface area (Å²) in [5.74, 6) is 2.15. The third-order valence-corrected chi connectivity index (χ3v) is 8.83. The zero-order chi connectivity index (χ0) is 31.4. The minimum atomic E-state index is 0.00836. The molecule has 0 spiro atoms. The average Bonchev–Trinajstić information content (AvgIpc) is 3.61. The van der Waals surface area contributed by atoms with Gasteiger partial charge in [-0.2, -0.15) is 0 Å².